The molecule has 1 aliphatic carbocycles. The van der Waals surface area contributed by atoms with E-state index in [0.717, 1.165) is 13.0 Å². The van der Waals surface area contributed by atoms with Gasteiger partial charge in [-0.25, -0.2) is 0 Å². The fourth-order valence-electron chi connectivity index (χ4n) is 2.83. The average molecular weight is 281 g/mol. The lowest BCUT2D eigenvalue weighted by molar-refractivity contribution is -0.135. The van der Waals surface area contributed by atoms with E-state index in [1.165, 1.54) is 30.4 Å². The van der Waals surface area contributed by atoms with Gasteiger partial charge in [0.05, 0.1) is 6.04 Å². The fourth-order valence-corrected chi connectivity index (χ4v) is 2.83. The Bertz CT molecular complexity index is 459. The molecule has 0 saturated heterocycles. The zero-order valence-corrected chi connectivity index (χ0v) is 12.1. The van der Waals surface area contributed by atoms with Gasteiger partial charge in [0.1, 0.15) is 0 Å². The number of hydrogen-bond donors (Lipinski definition) is 1. The van der Waals surface area contributed by atoms with Crippen LogP contribution >= 0.6 is 12.4 Å². The molecule has 2 aliphatic rings. The first-order valence-electron chi connectivity index (χ1n) is 6.82. The Labute approximate surface area is 120 Å². The van der Waals surface area contributed by atoms with Gasteiger partial charge in [0.2, 0.25) is 5.91 Å². The van der Waals surface area contributed by atoms with Gasteiger partial charge in [0.25, 0.3) is 0 Å². The third-order valence-corrected chi connectivity index (χ3v) is 4.35. The van der Waals surface area contributed by atoms with Crippen molar-refractivity contribution in [2.75, 3.05) is 7.05 Å². The first-order chi connectivity index (χ1) is 8.75. The van der Waals surface area contributed by atoms with E-state index >= 15 is 0 Å². The minimum Gasteiger partial charge on any atom is -0.341 e. The zero-order chi connectivity index (χ0) is 12.5. The Morgan fingerprint density at radius 2 is 1.95 bits per heavy atom. The van der Waals surface area contributed by atoms with Crippen LogP contribution in [0.3, 0.4) is 0 Å². The van der Waals surface area contributed by atoms with Crippen LogP contribution < -0.4 is 5.32 Å². The van der Waals surface area contributed by atoms with E-state index in [9.17, 15) is 4.79 Å². The Balaban J connectivity index is 0.00000133. The van der Waals surface area contributed by atoms with Crippen LogP contribution in [-0.4, -0.2) is 29.9 Å². The first kappa shape index (κ1) is 14.4. The van der Waals surface area contributed by atoms with Crippen molar-refractivity contribution >= 4 is 18.3 Å². The number of fused-ring (bicyclic) bond motifs is 1. The third-order valence-electron chi connectivity index (χ3n) is 4.35. The van der Waals surface area contributed by atoms with Crippen molar-refractivity contribution < 1.29 is 4.79 Å². The number of rotatable bonds is 2. The Morgan fingerprint density at radius 1 is 1.26 bits per heavy atom. The Morgan fingerprint density at radius 3 is 2.58 bits per heavy atom. The zero-order valence-electron chi connectivity index (χ0n) is 11.3. The smallest absolute Gasteiger partial charge is 0.240 e. The van der Waals surface area contributed by atoms with Crippen LogP contribution in [0.1, 0.15) is 30.4 Å². The van der Waals surface area contributed by atoms with Crippen LogP contribution in [-0.2, 0) is 17.8 Å². The summed E-state index contributed by atoms with van der Waals surface area (Å²) in [5, 5.41) is 3.37. The number of carbonyl (C=O) groups is 1. The van der Waals surface area contributed by atoms with E-state index in [-0.39, 0.29) is 24.4 Å². The predicted molar refractivity (Wildman–Crippen MR) is 78.4 cm³/mol. The number of hydrogen-bond acceptors (Lipinski definition) is 2. The second-order valence-electron chi connectivity index (χ2n) is 5.44. The molecule has 104 valence electrons. The van der Waals surface area contributed by atoms with Crippen LogP contribution in [0.25, 0.3) is 0 Å². The normalized spacial score (nSPS) is 21.8. The lowest BCUT2D eigenvalue weighted by atomic mass is 9.90. The highest BCUT2D eigenvalue weighted by Crippen LogP contribution is 2.25. The molecule has 1 saturated carbocycles. The van der Waals surface area contributed by atoms with E-state index < -0.39 is 0 Å². The quantitative estimate of drug-likeness (QED) is 0.900. The molecule has 1 aromatic carbocycles. The molecule has 3 nitrogen and oxygen atoms in total. The number of halogens is 1. The third kappa shape index (κ3) is 2.77. The summed E-state index contributed by atoms with van der Waals surface area (Å²) in [5.41, 5.74) is 2.64. The molecule has 19 heavy (non-hydrogen) atoms. The summed E-state index contributed by atoms with van der Waals surface area (Å²) >= 11 is 0. The van der Waals surface area contributed by atoms with Crippen molar-refractivity contribution in [3.05, 3.63) is 35.4 Å². The van der Waals surface area contributed by atoms with Gasteiger partial charge in [-0.05, 0) is 36.8 Å². The SMILES string of the molecule is CN(C(=O)C1Cc2ccccc2CN1)C1CCC1.Cl. The predicted octanol–water partition coefficient (Wildman–Crippen LogP) is 2.13. The molecular formula is C15H21ClN2O. The summed E-state index contributed by atoms with van der Waals surface area (Å²) in [5.74, 6) is 0.259. The van der Waals surface area contributed by atoms with Gasteiger partial charge >= 0.3 is 0 Å². The molecule has 1 atom stereocenters. The van der Waals surface area contributed by atoms with Crippen molar-refractivity contribution in [2.45, 2.75) is 44.3 Å². The Kier molecular flexibility index (Phi) is 4.48. The molecule has 0 aromatic heterocycles. The molecule has 1 fully saturated rings. The molecule has 1 N–H and O–H groups in total. The number of benzene rings is 1. The molecule has 1 unspecified atom stereocenters. The van der Waals surface area contributed by atoms with Crippen LogP contribution in [0.15, 0.2) is 24.3 Å². The number of carbonyl (C=O) groups excluding carboxylic acids is 1. The minimum atomic E-state index is -0.0366. The highest BCUT2D eigenvalue weighted by molar-refractivity contribution is 5.85. The van der Waals surface area contributed by atoms with E-state index in [0.29, 0.717) is 6.04 Å². The monoisotopic (exact) mass is 280 g/mol. The topological polar surface area (TPSA) is 32.3 Å². The summed E-state index contributed by atoms with van der Waals surface area (Å²) < 4.78 is 0. The van der Waals surface area contributed by atoms with Gasteiger partial charge in [-0.1, -0.05) is 24.3 Å². The van der Waals surface area contributed by atoms with E-state index in [1.807, 2.05) is 11.9 Å². The summed E-state index contributed by atoms with van der Waals surface area (Å²) in [7, 11) is 1.95. The van der Waals surface area contributed by atoms with Crippen molar-refractivity contribution in [3.8, 4) is 0 Å². The molecule has 4 heteroatoms. The number of nitrogens with zero attached hydrogens (tertiary/aromatic N) is 1. The number of likely N-dealkylation sites (N-methyl/N-ethyl adjacent to an activating group) is 1. The molecule has 1 heterocycles. The van der Waals surface area contributed by atoms with Crippen LogP contribution in [0.5, 0.6) is 0 Å². The average Bonchev–Trinajstić information content (AvgIpc) is 2.35. The van der Waals surface area contributed by atoms with Crippen LogP contribution in [0, 0.1) is 0 Å². The summed E-state index contributed by atoms with van der Waals surface area (Å²) in [6, 6.07) is 8.84. The molecule has 0 radical (unpaired) electrons. The van der Waals surface area contributed by atoms with Crippen molar-refractivity contribution in [1.82, 2.24) is 10.2 Å². The Hall–Kier alpha value is -1.06. The van der Waals surface area contributed by atoms with Gasteiger partial charge in [0.15, 0.2) is 0 Å². The van der Waals surface area contributed by atoms with Gasteiger partial charge < -0.3 is 10.2 Å². The lowest BCUT2D eigenvalue weighted by Gasteiger charge is -2.38. The molecule has 1 aromatic rings. The maximum atomic E-state index is 12.4. The summed E-state index contributed by atoms with van der Waals surface area (Å²) in [6.45, 7) is 0.811. The molecule has 1 aliphatic heterocycles. The summed E-state index contributed by atoms with van der Waals surface area (Å²) in [6.07, 6.45) is 4.44. The molecule has 3 rings (SSSR count). The highest BCUT2D eigenvalue weighted by atomic mass is 35.5. The fraction of sp³-hybridized carbons (Fsp3) is 0.533. The van der Waals surface area contributed by atoms with Gasteiger partial charge in [-0.2, -0.15) is 0 Å². The lowest BCUT2D eigenvalue weighted by Crippen LogP contribution is -2.52. The highest BCUT2D eigenvalue weighted by Gasteiger charge is 2.31. The second-order valence-corrected chi connectivity index (χ2v) is 5.44. The minimum absolute atomic E-state index is 0. The number of amides is 1. The van der Waals surface area contributed by atoms with E-state index in [4.69, 9.17) is 0 Å². The van der Waals surface area contributed by atoms with Crippen molar-refractivity contribution in [3.63, 3.8) is 0 Å². The maximum absolute atomic E-state index is 12.4. The van der Waals surface area contributed by atoms with E-state index in [2.05, 4.69) is 29.6 Å². The van der Waals surface area contributed by atoms with Crippen LogP contribution in [0.2, 0.25) is 0 Å². The first-order valence-corrected chi connectivity index (χ1v) is 6.82. The van der Waals surface area contributed by atoms with Crippen LogP contribution in [0.4, 0.5) is 0 Å². The molecular weight excluding hydrogens is 260 g/mol. The standard InChI is InChI=1S/C15H20N2O.ClH/c1-17(13-7-4-8-13)15(18)14-9-11-5-2-3-6-12(11)10-16-14;/h2-3,5-6,13-14,16H,4,7-10H2,1H3;1H. The summed E-state index contributed by atoms with van der Waals surface area (Å²) in [4.78, 5) is 14.4. The van der Waals surface area contributed by atoms with Gasteiger partial charge in [0, 0.05) is 19.6 Å². The van der Waals surface area contributed by atoms with E-state index in [1.54, 1.807) is 0 Å². The van der Waals surface area contributed by atoms with Crippen molar-refractivity contribution in [1.29, 1.82) is 0 Å². The largest absolute Gasteiger partial charge is 0.341 e. The van der Waals surface area contributed by atoms with Gasteiger partial charge in [-0.15, -0.1) is 12.4 Å². The molecule has 0 bridgehead atoms. The second kappa shape index (κ2) is 5.93. The van der Waals surface area contributed by atoms with Gasteiger partial charge in [-0.3, -0.25) is 4.79 Å². The molecule has 1 amide bonds. The molecule has 0 spiro atoms. The van der Waals surface area contributed by atoms with Crippen molar-refractivity contribution in [2.24, 2.45) is 0 Å². The number of nitrogens with one attached hydrogen (secondary N) is 1. The maximum Gasteiger partial charge on any atom is 0.240 e.